The summed E-state index contributed by atoms with van der Waals surface area (Å²) in [5.74, 6) is 2.64. The quantitative estimate of drug-likeness (QED) is 0.825. The molecule has 1 fully saturated rings. The topological polar surface area (TPSA) is 64.9 Å². The molecule has 84 valence electrons. The van der Waals surface area contributed by atoms with Crippen LogP contribution in [0.25, 0.3) is 0 Å². The van der Waals surface area contributed by atoms with Crippen molar-refractivity contribution in [2.45, 2.75) is 51.5 Å². The lowest BCUT2D eigenvalue weighted by Gasteiger charge is -2.20. The molecule has 4 heteroatoms. The van der Waals surface area contributed by atoms with Gasteiger partial charge in [0, 0.05) is 5.92 Å². The third kappa shape index (κ3) is 1.78. The van der Waals surface area contributed by atoms with Gasteiger partial charge in [0.25, 0.3) is 0 Å². The van der Waals surface area contributed by atoms with Crippen molar-refractivity contribution in [2.75, 3.05) is 0 Å². The molecule has 2 atom stereocenters. The highest BCUT2D eigenvalue weighted by molar-refractivity contribution is 5.10. The fourth-order valence-corrected chi connectivity index (χ4v) is 1.82. The molecule has 0 aromatic carbocycles. The van der Waals surface area contributed by atoms with E-state index >= 15 is 0 Å². The van der Waals surface area contributed by atoms with Crippen LogP contribution in [0.2, 0.25) is 0 Å². The lowest BCUT2D eigenvalue weighted by atomic mass is 9.94. The van der Waals surface area contributed by atoms with Crippen LogP contribution in [0.1, 0.15) is 57.7 Å². The Bertz CT molecular complexity index is 343. The van der Waals surface area contributed by atoms with Crippen LogP contribution in [0.15, 0.2) is 4.52 Å². The van der Waals surface area contributed by atoms with Gasteiger partial charge in [-0.05, 0) is 25.2 Å². The molecular weight excluding hydrogens is 190 g/mol. The van der Waals surface area contributed by atoms with E-state index < -0.39 is 5.54 Å². The van der Waals surface area contributed by atoms with Crippen LogP contribution in [0, 0.1) is 5.92 Å². The van der Waals surface area contributed by atoms with Crippen LogP contribution < -0.4 is 5.73 Å². The average Bonchev–Trinajstić information content (AvgIpc) is 2.81. The highest BCUT2D eigenvalue weighted by Crippen LogP contribution is 2.45. The third-order valence-electron chi connectivity index (χ3n) is 3.57. The van der Waals surface area contributed by atoms with Crippen molar-refractivity contribution < 1.29 is 4.52 Å². The average molecular weight is 209 g/mol. The van der Waals surface area contributed by atoms with Gasteiger partial charge in [0.05, 0.1) is 5.54 Å². The fourth-order valence-electron chi connectivity index (χ4n) is 1.82. The molecule has 1 aliphatic carbocycles. The van der Waals surface area contributed by atoms with Gasteiger partial charge in [-0.25, -0.2) is 0 Å². The summed E-state index contributed by atoms with van der Waals surface area (Å²) in [6, 6.07) is 0. The SMILES string of the molecule is CCC(N)(CC)c1nc(C2CC2C)no1. The second-order valence-electron chi connectivity index (χ2n) is 4.64. The minimum Gasteiger partial charge on any atom is -0.337 e. The normalized spacial score (nSPS) is 25.6. The zero-order valence-corrected chi connectivity index (χ0v) is 9.66. The molecule has 1 aromatic rings. The van der Waals surface area contributed by atoms with E-state index in [-0.39, 0.29) is 0 Å². The minimum atomic E-state index is -0.441. The maximum Gasteiger partial charge on any atom is 0.246 e. The standard InChI is InChI=1S/C11H19N3O/c1-4-11(12,5-2)10-13-9(14-15-10)8-6-7(8)3/h7-8H,4-6,12H2,1-3H3. The van der Waals surface area contributed by atoms with Crippen LogP contribution in [0.3, 0.4) is 0 Å². The summed E-state index contributed by atoms with van der Waals surface area (Å²) in [6.07, 6.45) is 2.82. The Balaban J connectivity index is 2.19. The maximum absolute atomic E-state index is 6.19. The number of nitrogens with two attached hydrogens (primary N) is 1. The molecule has 0 aliphatic heterocycles. The van der Waals surface area contributed by atoms with Crippen molar-refractivity contribution in [3.8, 4) is 0 Å². The zero-order valence-electron chi connectivity index (χ0n) is 9.66. The first-order valence-corrected chi connectivity index (χ1v) is 5.73. The summed E-state index contributed by atoms with van der Waals surface area (Å²) >= 11 is 0. The minimum absolute atomic E-state index is 0.441. The van der Waals surface area contributed by atoms with E-state index in [1.54, 1.807) is 0 Å². The van der Waals surface area contributed by atoms with Crippen LogP contribution >= 0.6 is 0 Å². The first-order valence-electron chi connectivity index (χ1n) is 5.73. The van der Waals surface area contributed by atoms with Gasteiger partial charge in [0.2, 0.25) is 5.89 Å². The van der Waals surface area contributed by atoms with Gasteiger partial charge < -0.3 is 10.3 Å². The summed E-state index contributed by atoms with van der Waals surface area (Å²) in [7, 11) is 0. The number of hydrogen-bond donors (Lipinski definition) is 1. The van der Waals surface area contributed by atoms with Crippen LogP contribution in [-0.4, -0.2) is 10.1 Å². The highest BCUT2D eigenvalue weighted by Gasteiger charge is 2.39. The number of hydrogen-bond acceptors (Lipinski definition) is 4. The van der Waals surface area contributed by atoms with Crippen LogP contribution in [-0.2, 0) is 5.54 Å². The van der Waals surface area contributed by atoms with Gasteiger partial charge in [0.1, 0.15) is 0 Å². The number of aromatic nitrogens is 2. The summed E-state index contributed by atoms with van der Waals surface area (Å²) in [5.41, 5.74) is 5.75. The largest absolute Gasteiger partial charge is 0.337 e. The molecule has 2 unspecified atom stereocenters. The Labute approximate surface area is 90.2 Å². The first kappa shape index (κ1) is 10.6. The van der Waals surface area contributed by atoms with E-state index in [4.69, 9.17) is 10.3 Å². The van der Waals surface area contributed by atoms with Crippen molar-refractivity contribution >= 4 is 0 Å². The monoisotopic (exact) mass is 209 g/mol. The molecule has 2 rings (SSSR count). The van der Waals surface area contributed by atoms with Gasteiger partial charge in [-0.3, -0.25) is 0 Å². The van der Waals surface area contributed by atoms with Gasteiger partial charge in [-0.1, -0.05) is 25.9 Å². The predicted octanol–water partition coefficient (Wildman–Crippen LogP) is 2.17. The molecule has 1 saturated carbocycles. The smallest absolute Gasteiger partial charge is 0.246 e. The van der Waals surface area contributed by atoms with Crippen molar-refractivity contribution in [1.82, 2.24) is 10.1 Å². The Kier molecular flexibility index (Phi) is 2.54. The Morgan fingerprint density at radius 1 is 1.47 bits per heavy atom. The van der Waals surface area contributed by atoms with Gasteiger partial charge in [0.15, 0.2) is 5.82 Å². The second kappa shape index (κ2) is 3.59. The second-order valence-corrected chi connectivity index (χ2v) is 4.64. The molecule has 0 spiro atoms. The molecule has 0 amide bonds. The summed E-state index contributed by atoms with van der Waals surface area (Å²) in [5, 5.41) is 4.02. The Morgan fingerprint density at radius 3 is 2.53 bits per heavy atom. The van der Waals surface area contributed by atoms with Crippen molar-refractivity contribution in [3.05, 3.63) is 11.7 Å². The van der Waals surface area contributed by atoms with Crippen molar-refractivity contribution in [3.63, 3.8) is 0 Å². The Morgan fingerprint density at radius 2 is 2.07 bits per heavy atom. The lowest BCUT2D eigenvalue weighted by Crippen LogP contribution is -2.35. The Hall–Kier alpha value is -0.900. The van der Waals surface area contributed by atoms with E-state index in [9.17, 15) is 0 Å². The molecule has 15 heavy (non-hydrogen) atoms. The van der Waals surface area contributed by atoms with E-state index in [2.05, 4.69) is 17.1 Å². The van der Waals surface area contributed by atoms with E-state index in [1.807, 2.05) is 13.8 Å². The fraction of sp³-hybridized carbons (Fsp3) is 0.818. The van der Waals surface area contributed by atoms with Gasteiger partial charge in [-0.15, -0.1) is 0 Å². The highest BCUT2D eigenvalue weighted by atomic mass is 16.5. The molecule has 1 aliphatic rings. The number of nitrogens with zero attached hydrogens (tertiary/aromatic N) is 2. The van der Waals surface area contributed by atoms with Crippen molar-refractivity contribution in [1.29, 1.82) is 0 Å². The molecule has 2 N–H and O–H groups in total. The lowest BCUT2D eigenvalue weighted by molar-refractivity contribution is 0.266. The molecule has 4 nitrogen and oxygen atoms in total. The molecule has 0 bridgehead atoms. The predicted molar refractivity (Wildman–Crippen MR) is 57.3 cm³/mol. The molecule has 1 heterocycles. The molecule has 0 saturated heterocycles. The summed E-state index contributed by atoms with van der Waals surface area (Å²) in [4.78, 5) is 4.43. The van der Waals surface area contributed by atoms with Crippen LogP contribution in [0.5, 0.6) is 0 Å². The van der Waals surface area contributed by atoms with Crippen LogP contribution in [0.4, 0.5) is 0 Å². The first-order chi connectivity index (χ1) is 7.10. The third-order valence-corrected chi connectivity index (χ3v) is 3.57. The molecular formula is C11H19N3O. The summed E-state index contributed by atoms with van der Waals surface area (Å²) in [6.45, 7) is 6.30. The molecule has 0 radical (unpaired) electrons. The summed E-state index contributed by atoms with van der Waals surface area (Å²) < 4.78 is 5.28. The van der Waals surface area contributed by atoms with E-state index in [0.717, 1.165) is 18.7 Å². The molecule has 1 aromatic heterocycles. The van der Waals surface area contributed by atoms with E-state index in [1.165, 1.54) is 6.42 Å². The maximum atomic E-state index is 6.19. The van der Waals surface area contributed by atoms with Gasteiger partial charge in [-0.2, -0.15) is 4.98 Å². The van der Waals surface area contributed by atoms with Gasteiger partial charge >= 0.3 is 0 Å². The zero-order chi connectivity index (χ0) is 11.1. The van der Waals surface area contributed by atoms with E-state index in [0.29, 0.717) is 17.7 Å². The van der Waals surface area contributed by atoms with Crippen molar-refractivity contribution in [2.24, 2.45) is 11.7 Å². The number of rotatable bonds is 4.